The van der Waals surface area contributed by atoms with Crippen LogP contribution < -0.4 is 16.0 Å². The first-order chi connectivity index (χ1) is 10.2. The second-order valence-electron chi connectivity index (χ2n) is 4.69. The number of rotatable bonds is 6. The van der Waals surface area contributed by atoms with E-state index in [1.807, 2.05) is 24.3 Å². The fourth-order valence-corrected chi connectivity index (χ4v) is 2.24. The van der Waals surface area contributed by atoms with Crippen molar-refractivity contribution in [3.05, 3.63) is 64.4 Å². The van der Waals surface area contributed by atoms with Crippen molar-refractivity contribution in [3.63, 3.8) is 0 Å². The lowest BCUT2D eigenvalue weighted by Crippen LogP contribution is -2.28. The van der Waals surface area contributed by atoms with Gasteiger partial charge in [0.1, 0.15) is 11.6 Å². The van der Waals surface area contributed by atoms with E-state index in [0.717, 1.165) is 23.3 Å². The van der Waals surface area contributed by atoms with Crippen LogP contribution in [0.15, 0.2) is 42.5 Å². The van der Waals surface area contributed by atoms with E-state index in [2.05, 4.69) is 12.3 Å². The van der Waals surface area contributed by atoms with E-state index in [9.17, 15) is 4.39 Å². The molecule has 0 amide bonds. The Morgan fingerprint density at radius 2 is 1.86 bits per heavy atom. The first-order valence-electron chi connectivity index (χ1n) is 6.79. The second-order valence-corrected chi connectivity index (χ2v) is 5.10. The maximum absolute atomic E-state index is 13.2. The maximum atomic E-state index is 13.2. The molecule has 0 aliphatic carbocycles. The Morgan fingerprint density at radius 3 is 2.43 bits per heavy atom. The predicted molar refractivity (Wildman–Crippen MR) is 82.8 cm³/mol. The lowest BCUT2D eigenvalue weighted by atomic mass is 9.99. The Balaban J connectivity index is 2.22. The third kappa shape index (κ3) is 3.94. The average molecular weight is 309 g/mol. The molecule has 3 N–H and O–H groups in total. The molecule has 0 radical (unpaired) electrons. The first-order valence-corrected chi connectivity index (χ1v) is 7.17. The number of hydrazine groups is 1. The normalized spacial score (nSPS) is 12.2. The molecule has 21 heavy (non-hydrogen) atoms. The SMILES string of the molecule is CCCOc1ccc(C(NN)c2ccc(F)c(Cl)c2)cc1. The van der Waals surface area contributed by atoms with Crippen LogP contribution in [0.25, 0.3) is 0 Å². The Bertz CT molecular complexity index is 589. The zero-order valence-electron chi connectivity index (χ0n) is 11.8. The van der Waals surface area contributed by atoms with Gasteiger partial charge in [-0.25, -0.2) is 9.82 Å². The molecule has 0 fully saturated rings. The van der Waals surface area contributed by atoms with Crippen molar-refractivity contribution < 1.29 is 9.13 Å². The largest absolute Gasteiger partial charge is 0.494 e. The van der Waals surface area contributed by atoms with Gasteiger partial charge in [0, 0.05) is 0 Å². The predicted octanol–water partition coefficient (Wildman–Crippen LogP) is 3.82. The van der Waals surface area contributed by atoms with E-state index in [-0.39, 0.29) is 11.1 Å². The van der Waals surface area contributed by atoms with Crippen molar-refractivity contribution in [1.29, 1.82) is 0 Å². The van der Waals surface area contributed by atoms with Crippen LogP contribution in [0, 0.1) is 5.82 Å². The molecule has 3 nitrogen and oxygen atoms in total. The quantitative estimate of drug-likeness (QED) is 0.630. The molecule has 2 aromatic carbocycles. The van der Waals surface area contributed by atoms with Crippen LogP contribution in [0.5, 0.6) is 5.75 Å². The average Bonchev–Trinajstić information content (AvgIpc) is 2.50. The molecule has 0 aromatic heterocycles. The topological polar surface area (TPSA) is 47.3 Å². The van der Waals surface area contributed by atoms with Gasteiger partial charge in [0.2, 0.25) is 0 Å². The van der Waals surface area contributed by atoms with Gasteiger partial charge in [-0.05, 0) is 41.8 Å². The van der Waals surface area contributed by atoms with E-state index in [1.165, 1.54) is 6.07 Å². The highest BCUT2D eigenvalue weighted by atomic mass is 35.5. The van der Waals surface area contributed by atoms with E-state index < -0.39 is 5.82 Å². The molecule has 0 aliphatic heterocycles. The summed E-state index contributed by atoms with van der Waals surface area (Å²) in [4.78, 5) is 0. The fourth-order valence-electron chi connectivity index (χ4n) is 2.05. The van der Waals surface area contributed by atoms with Crippen molar-refractivity contribution in [1.82, 2.24) is 5.43 Å². The Morgan fingerprint density at radius 1 is 1.19 bits per heavy atom. The molecule has 0 spiro atoms. The maximum Gasteiger partial charge on any atom is 0.141 e. The molecule has 0 aliphatic rings. The second kappa shape index (κ2) is 7.41. The third-order valence-electron chi connectivity index (χ3n) is 3.13. The van der Waals surface area contributed by atoms with Crippen molar-refractivity contribution in [2.75, 3.05) is 6.61 Å². The van der Waals surface area contributed by atoms with Crippen LogP contribution in [0.2, 0.25) is 5.02 Å². The van der Waals surface area contributed by atoms with Crippen LogP contribution >= 0.6 is 11.6 Å². The molecule has 1 unspecified atom stereocenters. The summed E-state index contributed by atoms with van der Waals surface area (Å²) in [5.41, 5.74) is 4.47. The monoisotopic (exact) mass is 308 g/mol. The highest BCUT2D eigenvalue weighted by Crippen LogP contribution is 2.26. The standard InChI is InChI=1S/C16H18ClFN2O/c1-2-9-21-13-6-3-11(4-7-13)16(20-19)12-5-8-15(18)14(17)10-12/h3-8,10,16,20H,2,9,19H2,1H3. The van der Waals surface area contributed by atoms with E-state index in [0.29, 0.717) is 6.61 Å². The molecule has 0 saturated carbocycles. The Labute approximate surface area is 128 Å². The van der Waals surface area contributed by atoms with E-state index >= 15 is 0 Å². The lowest BCUT2D eigenvalue weighted by molar-refractivity contribution is 0.317. The minimum atomic E-state index is -0.445. The van der Waals surface area contributed by atoms with Gasteiger partial charge in [0.25, 0.3) is 0 Å². The third-order valence-corrected chi connectivity index (χ3v) is 3.42. The van der Waals surface area contributed by atoms with Crippen LogP contribution in [-0.4, -0.2) is 6.61 Å². The molecule has 5 heteroatoms. The Hall–Kier alpha value is -1.62. The van der Waals surface area contributed by atoms with Gasteiger partial charge >= 0.3 is 0 Å². The molecular formula is C16H18ClFN2O. The van der Waals surface area contributed by atoms with Gasteiger partial charge in [-0.15, -0.1) is 0 Å². The molecule has 0 bridgehead atoms. The van der Waals surface area contributed by atoms with Crippen molar-refractivity contribution in [3.8, 4) is 5.75 Å². The van der Waals surface area contributed by atoms with Crippen LogP contribution in [0.3, 0.4) is 0 Å². The summed E-state index contributed by atoms with van der Waals surface area (Å²) >= 11 is 5.82. The number of benzene rings is 2. The highest BCUT2D eigenvalue weighted by Gasteiger charge is 2.14. The molecular weight excluding hydrogens is 291 g/mol. The zero-order valence-corrected chi connectivity index (χ0v) is 12.5. The highest BCUT2D eigenvalue weighted by molar-refractivity contribution is 6.30. The van der Waals surface area contributed by atoms with Crippen molar-refractivity contribution in [2.24, 2.45) is 5.84 Å². The molecule has 1 atom stereocenters. The number of ether oxygens (including phenoxy) is 1. The molecule has 2 rings (SSSR count). The smallest absolute Gasteiger partial charge is 0.141 e. The number of hydrogen-bond acceptors (Lipinski definition) is 3. The number of hydrogen-bond donors (Lipinski definition) is 2. The summed E-state index contributed by atoms with van der Waals surface area (Å²) in [6, 6.07) is 11.9. The fraction of sp³-hybridized carbons (Fsp3) is 0.250. The van der Waals surface area contributed by atoms with Gasteiger partial charge in [-0.2, -0.15) is 0 Å². The molecule has 0 heterocycles. The summed E-state index contributed by atoms with van der Waals surface area (Å²) in [7, 11) is 0. The first kappa shape index (κ1) is 15.8. The van der Waals surface area contributed by atoms with Crippen LogP contribution in [0.1, 0.15) is 30.5 Å². The van der Waals surface area contributed by atoms with Crippen molar-refractivity contribution >= 4 is 11.6 Å². The minimum absolute atomic E-state index is 0.0793. The zero-order chi connectivity index (χ0) is 15.2. The summed E-state index contributed by atoms with van der Waals surface area (Å²) < 4.78 is 18.8. The number of nitrogens with one attached hydrogen (secondary N) is 1. The molecule has 2 aromatic rings. The summed E-state index contributed by atoms with van der Waals surface area (Å²) in [5.74, 6) is 5.99. The number of halogens is 2. The molecule has 112 valence electrons. The van der Waals surface area contributed by atoms with Gasteiger partial charge in [-0.3, -0.25) is 5.84 Å². The van der Waals surface area contributed by atoms with E-state index in [4.69, 9.17) is 22.2 Å². The molecule has 0 saturated heterocycles. The van der Waals surface area contributed by atoms with Gasteiger partial charge < -0.3 is 4.74 Å². The van der Waals surface area contributed by atoms with E-state index in [1.54, 1.807) is 12.1 Å². The number of nitrogens with two attached hydrogens (primary N) is 1. The Kier molecular flexibility index (Phi) is 5.56. The van der Waals surface area contributed by atoms with Crippen molar-refractivity contribution in [2.45, 2.75) is 19.4 Å². The van der Waals surface area contributed by atoms with Crippen LogP contribution in [0.4, 0.5) is 4.39 Å². The minimum Gasteiger partial charge on any atom is -0.494 e. The van der Waals surface area contributed by atoms with Gasteiger partial charge in [-0.1, -0.05) is 36.7 Å². The summed E-state index contributed by atoms with van der Waals surface area (Å²) in [6.45, 7) is 2.74. The summed E-state index contributed by atoms with van der Waals surface area (Å²) in [6.07, 6.45) is 0.961. The summed E-state index contributed by atoms with van der Waals surface area (Å²) in [5, 5.41) is 0.0793. The van der Waals surface area contributed by atoms with Crippen LogP contribution in [-0.2, 0) is 0 Å². The lowest BCUT2D eigenvalue weighted by Gasteiger charge is -2.18. The van der Waals surface area contributed by atoms with Gasteiger partial charge in [0.15, 0.2) is 0 Å². The van der Waals surface area contributed by atoms with Gasteiger partial charge in [0.05, 0.1) is 17.7 Å².